The minimum Gasteiger partial charge on any atom is -0.321 e. The van der Waals surface area contributed by atoms with Crippen LogP contribution in [0.4, 0.5) is 5.69 Å². The Labute approximate surface area is 344 Å². The predicted molar refractivity (Wildman–Crippen MR) is 248 cm³/mol. The Bertz CT molecular complexity index is 2320. The molecule has 1 aliphatic heterocycles. The van der Waals surface area contributed by atoms with Crippen LogP contribution in [0.3, 0.4) is 0 Å². The second kappa shape index (κ2) is 20.4. The molecule has 290 valence electrons. The highest BCUT2D eigenvalue weighted by Crippen LogP contribution is 2.38. The Balaban J connectivity index is 1.28. The standard InChI is InChI=1S/C52H52N6/c1-4-5-6-7-8-14-28-48(44-25-19-23-42(36-44)43-24-20-26-45(37-43)51(56-39-53)55-38-40-21-12-11-13-22-40)57-50(54)41-30-32-46(33-31-41)58-35-18-10-9-17-34-52(2,3)47-27-15-16-29-49(47)58/h4-23,26-30,32,34-39,43-44,53-54H,1,24-25,31,33H2,2-3H3/b6-5-,8-7+,10-9-,28-14+,34-17+,35-18+,53-39?,54-50?,55-38?,56-51?,57-48?. The number of para-hydroxylation sites is 1. The van der Waals surface area contributed by atoms with Gasteiger partial charge in [-0.1, -0.05) is 172 Å². The number of anilines is 1. The SMILES string of the molecule is C=C\C=C/C=C/C=C/C(=NC(=N)C1=CC=C(N2/C=C/C=C\C=C\C(C)(C)c3ccccc32)CC1)C1C=C(C2C=C(C(N=Cc3ccccc3)=NC=N)C=CC2)C=CC1. The molecule has 0 bridgehead atoms. The molecule has 4 aliphatic rings. The number of amidine groups is 2. The topological polar surface area (TPSA) is 88.0 Å². The lowest BCUT2D eigenvalue weighted by Gasteiger charge is -2.32. The first-order valence-corrected chi connectivity index (χ1v) is 19.9. The van der Waals surface area contributed by atoms with Crippen LogP contribution in [0.5, 0.6) is 0 Å². The maximum absolute atomic E-state index is 9.26. The lowest BCUT2D eigenvalue weighted by Crippen LogP contribution is -2.23. The number of aliphatic imine (C=N–C) groups is 3. The summed E-state index contributed by atoms with van der Waals surface area (Å²) in [6.07, 6.45) is 49.5. The molecule has 0 aromatic heterocycles. The number of allylic oxidation sites excluding steroid dienone is 21. The van der Waals surface area contributed by atoms with E-state index < -0.39 is 0 Å². The molecule has 2 aromatic rings. The monoisotopic (exact) mass is 760 g/mol. The Kier molecular flexibility index (Phi) is 14.4. The van der Waals surface area contributed by atoms with Crippen LogP contribution in [0.15, 0.2) is 226 Å². The first-order chi connectivity index (χ1) is 28.4. The molecule has 0 saturated heterocycles. The van der Waals surface area contributed by atoms with Gasteiger partial charge in [0.05, 0.1) is 5.71 Å². The molecular formula is C52H52N6. The van der Waals surface area contributed by atoms with Crippen LogP contribution < -0.4 is 4.90 Å². The van der Waals surface area contributed by atoms with E-state index in [4.69, 9.17) is 10.4 Å². The number of rotatable bonds is 11. The minimum atomic E-state index is -0.150. The van der Waals surface area contributed by atoms with Gasteiger partial charge in [-0.3, -0.25) is 10.8 Å². The molecule has 1 heterocycles. The molecule has 3 aliphatic carbocycles. The number of benzene rings is 2. The van der Waals surface area contributed by atoms with E-state index in [1.54, 1.807) is 12.3 Å². The molecule has 2 N–H and O–H groups in total. The summed E-state index contributed by atoms with van der Waals surface area (Å²) in [6.45, 7) is 8.25. The average molecular weight is 761 g/mol. The summed E-state index contributed by atoms with van der Waals surface area (Å²) in [5.74, 6) is 0.876. The lowest BCUT2D eigenvalue weighted by molar-refractivity contribution is 0.668. The highest BCUT2D eigenvalue weighted by Gasteiger charge is 2.26. The molecule has 2 atom stereocenters. The third-order valence-electron chi connectivity index (χ3n) is 10.3. The van der Waals surface area contributed by atoms with Gasteiger partial charge in [0.2, 0.25) is 0 Å². The summed E-state index contributed by atoms with van der Waals surface area (Å²) in [4.78, 5) is 16.3. The van der Waals surface area contributed by atoms with Crippen molar-refractivity contribution in [1.29, 1.82) is 10.8 Å². The molecule has 0 radical (unpaired) electrons. The maximum atomic E-state index is 9.26. The Morgan fingerprint density at radius 1 is 0.845 bits per heavy atom. The first-order valence-electron chi connectivity index (χ1n) is 19.9. The smallest absolute Gasteiger partial charge is 0.160 e. The fraction of sp³-hybridized carbons (Fsp3) is 0.173. The van der Waals surface area contributed by atoms with Crippen LogP contribution >= 0.6 is 0 Å². The number of nitrogens with zero attached hydrogens (tertiary/aromatic N) is 4. The maximum Gasteiger partial charge on any atom is 0.160 e. The fourth-order valence-electron chi connectivity index (χ4n) is 7.25. The lowest BCUT2D eigenvalue weighted by atomic mass is 9.82. The largest absolute Gasteiger partial charge is 0.321 e. The van der Waals surface area contributed by atoms with Gasteiger partial charge in [-0.05, 0) is 72.3 Å². The molecule has 0 fully saturated rings. The normalized spacial score (nSPS) is 22.6. The van der Waals surface area contributed by atoms with Gasteiger partial charge in [0.15, 0.2) is 5.84 Å². The average Bonchev–Trinajstić information content (AvgIpc) is 3.26. The van der Waals surface area contributed by atoms with E-state index in [1.807, 2.05) is 72.9 Å². The zero-order chi connectivity index (χ0) is 40.6. The highest BCUT2D eigenvalue weighted by molar-refractivity contribution is 6.11. The number of nitrogens with one attached hydrogen (secondary N) is 2. The van der Waals surface area contributed by atoms with E-state index in [1.165, 1.54) is 16.8 Å². The molecule has 0 amide bonds. The van der Waals surface area contributed by atoms with Crippen molar-refractivity contribution in [3.8, 4) is 0 Å². The highest BCUT2D eigenvalue weighted by atomic mass is 15.1. The summed E-state index contributed by atoms with van der Waals surface area (Å²) in [5, 5.41) is 16.9. The second-order valence-corrected chi connectivity index (χ2v) is 14.8. The van der Waals surface area contributed by atoms with Crippen molar-refractivity contribution < 1.29 is 0 Å². The van der Waals surface area contributed by atoms with Crippen molar-refractivity contribution in [2.45, 2.75) is 44.9 Å². The van der Waals surface area contributed by atoms with E-state index >= 15 is 0 Å². The summed E-state index contributed by atoms with van der Waals surface area (Å²) < 4.78 is 0. The van der Waals surface area contributed by atoms with Crippen LogP contribution in [0.1, 0.15) is 50.7 Å². The third-order valence-corrected chi connectivity index (χ3v) is 10.3. The van der Waals surface area contributed by atoms with Crippen molar-refractivity contribution in [3.05, 3.63) is 222 Å². The Morgan fingerprint density at radius 2 is 1.62 bits per heavy atom. The molecule has 58 heavy (non-hydrogen) atoms. The van der Waals surface area contributed by atoms with E-state index in [2.05, 4.69) is 139 Å². The molecule has 6 rings (SSSR count). The fourth-order valence-corrected chi connectivity index (χ4v) is 7.25. The first kappa shape index (κ1) is 40.9. The zero-order valence-corrected chi connectivity index (χ0v) is 33.5. The number of fused-ring (bicyclic) bond motifs is 1. The van der Waals surface area contributed by atoms with Crippen LogP contribution in [0.25, 0.3) is 0 Å². The summed E-state index contributed by atoms with van der Waals surface area (Å²) in [5.41, 5.74) is 8.22. The summed E-state index contributed by atoms with van der Waals surface area (Å²) >= 11 is 0. The quantitative estimate of drug-likeness (QED) is 0.133. The van der Waals surface area contributed by atoms with Crippen LogP contribution in [-0.4, -0.2) is 29.9 Å². The van der Waals surface area contributed by atoms with E-state index in [0.717, 1.165) is 53.7 Å². The molecule has 0 saturated carbocycles. The van der Waals surface area contributed by atoms with Crippen molar-refractivity contribution in [1.82, 2.24) is 0 Å². The van der Waals surface area contributed by atoms with Gasteiger partial charge in [-0.25, -0.2) is 15.0 Å². The van der Waals surface area contributed by atoms with E-state index in [-0.39, 0.29) is 23.1 Å². The third kappa shape index (κ3) is 10.9. The van der Waals surface area contributed by atoms with Crippen molar-refractivity contribution in [2.24, 2.45) is 26.8 Å². The van der Waals surface area contributed by atoms with Gasteiger partial charge in [-0.2, -0.15) is 0 Å². The Morgan fingerprint density at radius 3 is 2.43 bits per heavy atom. The zero-order valence-electron chi connectivity index (χ0n) is 33.5. The van der Waals surface area contributed by atoms with Gasteiger partial charge < -0.3 is 4.90 Å². The predicted octanol–water partition coefficient (Wildman–Crippen LogP) is 12.4. The van der Waals surface area contributed by atoms with Crippen LogP contribution in [0.2, 0.25) is 0 Å². The van der Waals surface area contributed by atoms with Gasteiger partial charge in [0, 0.05) is 46.6 Å². The van der Waals surface area contributed by atoms with Crippen LogP contribution in [-0.2, 0) is 5.41 Å². The summed E-state index contributed by atoms with van der Waals surface area (Å²) in [6, 6.07) is 18.5. The molecule has 0 spiro atoms. The van der Waals surface area contributed by atoms with Gasteiger partial charge in [0.1, 0.15) is 12.2 Å². The number of hydrogen-bond acceptors (Lipinski definition) is 3. The van der Waals surface area contributed by atoms with E-state index in [9.17, 15) is 5.41 Å². The van der Waals surface area contributed by atoms with E-state index in [0.29, 0.717) is 12.3 Å². The molecule has 2 aromatic carbocycles. The molecule has 2 unspecified atom stereocenters. The molecule has 6 heteroatoms. The van der Waals surface area contributed by atoms with Gasteiger partial charge >= 0.3 is 0 Å². The van der Waals surface area contributed by atoms with Crippen LogP contribution in [0, 0.1) is 22.7 Å². The van der Waals surface area contributed by atoms with Crippen molar-refractivity contribution in [3.63, 3.8) is 0 Å². The molecular weight excluding hydrogens is 709 g/mol. The van der Waals surface area contributed by atoms with Gasteiger partial charge in [0.25, 0.3) is 0 Å². The Hall–Kier alpha value is -6.79. The second-order valence-electron chi connectivity index (χ2n) is 14.8. The molecule has 6 nitrogen and oxygen atoms in total. The van der Waals surface area contributed by atoms with Crippen molar-refractivity contribution in [2.75, 3.05) is 4.90 Å². The summed E-state index contributed by atoms with van der Waals surface area (Å²) in [7, 11) is 0. The minimum absolute atomic E-state index is 0.0151. The number of hydrogen-bond donors (Lipinski definition) is 2. The van der Waals surface area contributed by atoms with Crippen molar-refractivity contribution >= 4 is 35.6 Å². The van der Waals surface area contributed by atoms with Gasteiger partial charge in [-0.15, -0.1) is 0 Å².